The molecule has 0 radical (unpaired) electrons. The summed E-state index contributed by atoms with van der Waals surface area (Å²) >= 11 is 1.68. The molecule has 0 aliphatic rings. The summed E-state index contributed by atoms with van der Waals surface area (Å²) in [7, 11) is 0. The molecule has 96 valence electrons. The van der Waals surface area contributed by atoms with Crippen LogP contribution in [0.3, 0.4) is 0 Å². The van der Waals surface area contributed by atoms with Gasteiger partial charge in [-0.1, -0.05) is 13.8 Å². The molecule has 0 aliphatic carbocycles. The molecule has 1 amide bonds. The van der Waals surface area contributed by atoms with E-state index in [1.165, 1.54) is 5.56 Å². The van der Waals surface area contributed by atoms with Gasteiger partial charge < -0.3 is 10.6 Å². The van der Waals surface area contributed by atoms with Crippen LogP contribution in [0.5, 0.6) is 0 Å². The lowest BCUT2D eigenvalue weighted by atomic mass is 10.1. The van der Waals surface area contributed by atoms with Gasteiger partial charge >= 0.3 is 0 Å². The molecule has 3 nitrogen and oxygen atoms in total. The predicted octanol–water partition coefficient (Wildman–Crippen LogP) is 2.56. The molecular formula is C13H22N2OS. The molecule has 1 heterocycles. The molecule has 0 saturated heterocycles. The number of carbonyl (C=O) groups excluding carboxylic acids is 1. The van der Waals surface area contributed by atoms with Crippen LogP contribution in [-0.4, -0.2) is 19.0 Å². The van der Waals surface area contributed by atoms with Gasteiger partial charge in [0, 0.05) is 12.6 Å². The molecule has 0 saturated carbocycles. The molecule has 1 aromatic heterocycles. The zero-order valence-electron chi connectivity index (χ0n) is 10.8. The van der Waals surface area contributed by atoms with Crippen LogP contribution in [0.25, 0.3) is 0 Å². The zero-order chi connectivity index (χ0) is 12.7. The monoisotopic (exact) mass is 254 g/mol. The molecule has 2 N–H and O–H groups in total. The highest BCUT2D eigenvalue weighted by atomic mass is 32.1. The van der Waals surface area contributed by atoms with Crippen LogP contribution in [0.1, 0.15) is 38.8 Å². The number of hydrogen-bond donors (Lipinski definition) is 2. The first-order valence-electron chi connectivity index (χ1n) is 6.11. The zero-order valence-corrected chi connectivity index (χ0v) is 11.6. The van der Waals surface area contributed by atoms with Gasteiger partial charge in [-0.3, -0.25) is 4.79 Å². The van der Waals surface area contributed by atoms with Crippen molar-refractivity contribution in [3.8, 4) is 0 Å². The van der Waals surface area contributed by atoms with Gasteiger partial charge in [0.1, 0.15) is 0 Å². The van der Waals surface area contributed by atoms with Gasteiger partial charge in [0.15, 0.2) is 0 Å². The Morgan fingerprint density at radius 3 is 2.76 bits per heavy atom. The average molecular weight is 254 g/mol. The molecule has 0 spiro atoms. The van der Waals surface area contributed by atoms with Gasteiger partial charge in [-0.25, -0.2) is 0 Å². The molecule has 1 aromatic rings. The van der Waals surface area contributed by atoms with Crippen LogP contribution >= 0.6 is 11.3 Å². The summed E-state index contributed by atoms with van der Waals surface area (Å²) in [6, 6.07) is 2.32. The lowest BCUT2D eigenvalue weighted by Crippen LogP contribution is -2.35. The molecule has 17 heavy (non-hydrogen) atoms. The molecule has 1 atom stereocenters. The van der Waals surface area contributed by atoms with Crippen molar-refractivity contribution in [3.05, 3.63) is 22.4 Å². The molecule has 0 bridgehead atoms. The molecule has 4 heteroatoms. The molecule has 0 aromatic carbocycles. The highest BCUT2D eigenvalue weighted by Gasteiger charge is 2.07. The summed E-state index contributed by atoms with van der Waals surface area (Å²) in [4.78, 5) is 11.5. The van der Waals surface area contributed by atoms with Crippen LogP contribution in [-0.2, 0) is 4.79 Å². The maximum absolute atomic E-state index is 11.5. The van der Waals surface area contributed by atoms with Crippen molar-refractivity contribution in [2.75, 3.05) is 13.1 Å². The fraction of sp³-hybridized carbons (Fsp3) is 0.615. The minimum absolute atomic E-state index is 0.0766. The lowest BCUT2D eigenvalue weighted by Gasteiger charge is -2.12. The number of thiophene rings is 1. The quantitative estimate of drug-likeness (QED) is 0.785. The highest BCUT2D eigenvalue weighted by molar-refractivity contribution is 7.07. The number of amides is 1. The first-order valence-corrected chi connectivity index (χ1v) is 7.06. The van der Waals surface area contributed by atoms with E-state index in [4.69, 9.17) is 0 Å². The summed E-state index contributed by atoms with van der Waals surface area (Å²) in [6.07, 6.45) is 1.03. The highest BCUT2D eigenvalue weighted by Crippen LogP contribution is 2.14. The normalized spacial score (nSPS) is 12.7. The molecule has 0 fully saturated rings. The van der Waals surface area contributed by atoms with Gasteiger partial charge in [0.2, 0.25) is 5.91 Å². The van der Waals surface area contributed by atoms with Gasteiger partial charge in [-0.15, -0.1) is 0 Å². The third-order valence-electron chi connectivity index (χ3n) is 2.66. The molecule has 1 unspecified atom stereocenters. The first kappa shape index (κ1) is 14.2. The van der Waals surface area contributed by atoms with Crippen molar-refractivity contribution in [2.24, 2.45) is 5.92 Å². The summed E-state index contributed by atoms with van der Waals surface area (Å²) in [6.45, 7) is 7.54. The van der Waals surface area contributed by atoms with Gasteiger partial charge in [0.05, 0.1) is 6.54 Å². The van der Waals surface area contributed by atoms with Crippen molar-refractivity contribution < 1.29 is 4.79 Å². The predicted molar refractivity (Wildman–Crippen MR) is 73.2 cm³/mol. The second-order valence-corrected chi connectivity index (χ2v) is 5.47. The Bertz CT molecular complexity index is 322. The van der Waals surface area contributed by atoms with Crippen molar-refractivity contribution in [1.29, 1.82) is 0 Å². The molecule has 1 rings (SSSR count). The van der Waals surface area contributed by atoms with E-state index in [0.29, 0.717) is 12.5 Å². The fourth-order valence-electron chi connectivity index (χ4n) is 1.45. The maximum Gasteiger partial charge on any atom is 0.233 e. The maximum atomic E-state index is 11.5. The number of rotatable bonds is 7. The Morgan fingerprint density at radius 2 is 2.18 bits per heavy atom. The van der Waals surface area contributed by atoms with Gasteiger partial charge in [-0.2, -0.15) is 11.3 Å². The minimum atomic E-state index is 0.0766. The minimum Gasteiger partial charge on any atom is -0.355 e. The third-order valence-corrected chi connectivity index (χ3v) is 3.36. The topological polar surface area (TPSA) is 41.1 Å². The van der Waals surface area contributed by atoms with Crippen LogP contribution in [0.4, 0.5) is 0 Å². The van der Waals surface area contributed by atoms with Gasteiger partial charge in [0.25, 0.3) is 0 Å². The molecular weight excluding hydrogens is 232 g/mol. The van der Waals surface area contributed by atoms with E-state index in [-0.39, 0.29) is 11.9 Å². The summed E-state index contributed by atoms with van der Waals surface area (Å²) in [5.41, 5.74) is 1.24. The second-order valence-electron chi connectivity index (χ2n) is 4.69. The van der Waals surface area contributed by atoms with E-state index >= 15 is 0 Å². The van der Waals surface area contributed by atoms with Crippen LogP contribution in [0.15, 0.2) is 16.8 Å². The van der Waals surface area contributed by atoms with E-state index in [1.54, 1.807) is 11.3 Å². The number of nitrogens with one attached hydrogen (secondary N) is 2. The summed E-state index contributed by atoms with van der Waals surface area (Å²) in [5, 5.41) is 10.3. The van der Waals surface area contributed by atoms with E-state index < -0.39 is 0 Å². The van der Waals surface area contributed by atoms with E-state index in [2.05, 4.69) is 48.2 Å². The van der Waals surface area contributed by atoms with Crippen molar-refractivity contribution in [2.45, 2.75) is 33.2 Å². The van der Waals surface area contributed by atoms with Crippen molar-refractivity contribution in [3.63, 3.8) is 0 Å². The van der Waals surface area contributed by atoms with Crippen molar-refractivity contribution >= 4 is 17.2 Å². The fourth-order valence-corrected chi connectivity index (χ4v) is 2.20. The number of hydrogen-bond acceptors (Lipinski definition) is 3. The Morgan fingerprint density at radius 1 is 1.41 bits per heavy atom. The van der Waals surface area contributed by atoms with Crippen LogP contribution < -0.4 is 10.6 Å². The van der Waals surface area contributed by atoms with E-state index in [0.717, 1.165) is 13.0 Å². The Hall–Kier alpha value is -0.870. The largest absolute Gasteiger partial charge is 0.355 e. The first-order chi connectivity index (χ1) is 8.09. The summed E-state index contributed by atoms with van der Waals surface area (Å²) in [5.74, 6) is 0.709. The average Bonchev–Trinajstić information content (AvgIpc) is 2.78. The summed E-state index contributed by atoms with van der Waals surface area (Å²) < 4.78 is 0. The lowest BCUT2D eigenvalue weighted by molar-refractivity contribution is -0.120. The number of carbonyl (C=O) groups is 1. The van der Waals surface area contributed by atoms with E-state index in [1.807, 2.05) is 0 Å². The van der Waals surface area contributed by atoms with Crippen LogP contribution in [0.2, 0.25) is 0 Å². The SMILES string of the molecule is CC(C)CCNC(=O)CNC(C)c1ccsc1. The van der Waals surface area contributed by atoms with Crippen LogP contribution in [0, 0.1) is 5.92 Å². The molecule has 0 aliphatic heterocycles. The van der Waals surface area contributed by atoms with Crippen molar-refractivity contribution in [1.82, 2.24) is 10.6 Å². The standard InChI is InChI=1S/C13H22N2OS/c1-10(2)4-6-14-13(16)8-15-11(3)12-5-7-17-9-12/h5,7,9-11,15H,4,6,8H2,1-3H3,(H,14,16). The van der Waals surface area contributed by atoms with E-state index in [9.17, 15) is 4.79 Å². The second kappa shape index (κ2) is 7.45. The Balaban J connectivity index is 2.15. The smallest absolute Gasteiger partial charge is 0.233 e. The third kappa shape index (κ3) is 5.84. The Kier molecular flexibility index (Phi) is 6.22. The Labute approximate surface area is 108 Å². The van der Waals surface area contributed by atoms with Gasteiger partial charge in [-0.05, 0) is 41.7 Å².